The highest BCUT2D eigenvalue weighted by atomic mass is 16.5. The molecule has 0 aromatic carbocycles. The van der Waals surface area contributed by atoms with Gasteiger partial charge in [-0.15, -0.1) is 0 Å². The number of nitrogens with zero attached hydrogens (tertiary/aromatic N) is 1. The maximum Gasteiger partial charge on any atom is 0.309 e. The summed E-state index contributed by atoms with van der Waals surface area (Å²) >= 11 is 0. The molecule has 1 unspecified atom stereocenters. The molecule has 0 saturated carbocycles. The molecule has 0 aromatic rings. The van der Waals surface area contributed by atoms with Crippen molar-refractivity contribution in [1.29, 1.82) is 0 Å². The van der Waals surface area contributed by atoms with Gasteiger partial charge in [0.25, 0.3) is 0 Å². The standard InChI is InChI=1S/C38H73NO4/c1-5-8-10-12-14-16-18-23-34(24-19-17-15-13-11-9-6-2)26-21-32-42-37(40)27-20-25-35(22-7-3)33-43-38(41)36-28-30-39(4)31-29-36/h34-36H,5-33H2,1-4H3. The number of hydrogen-bond donors (Lipinski definition) is 0. The van der Waals surface area contributed by atoms with Crippen LogP contribution in [0.25, 0.3) is 0 Å². The third kappa shape index (κ3) is 23.0. The number of ether oxygens (including phenoxy) is 2. The first-order chi connectivity index (χ1) is 21.0. The van der Waals surface area contributed by atoms with E-state index >= 15 is 0 Å². The number of unbranched alkanes of at least 4 members (excludes halogenated alkanes) is 12. The molecule has 1 heterocycles. The molecule has 5 nitrogen and oxygen atoms in total. The molecular formula is C38H73NO4. The molecule has 0 aromatic heterocycles. The van der Waals surface area contributed by atoms with Crippen molar-refractivity contribution in [2.45, 2.75) is 181 Å². The number of carbonyl (C=O) groups is 2. The minimum Gasteiger partial charge on any atom is -0.466 e. The lowest BCUT2D eigenvalue weighted by Crippen LogP contribution is -2.34. The summed E-state index contributed by atoms with van der Waals surface area (Å²) < 4.78 is 11.4. The van der Waals surface area contributed by atoms with E-state index in [1.807, 2.05) is 0 Å². The SMILES string of the molecule is CCCCCCCCCC(CCCCCCCCC)CCCOC(=O)CCCC(CCC)COC(=O)C1CCN(C)CC1. The van der Waals surface area contributed by atoms with Gasteiger partial charge in [0.15, 0.2) is 0 Å². The molecule has 1 saturated heterocycles. The maximum absolute atomic E-state index is 12.5. The van der Waals surface area contributed by atoms with E-state index < -0.39 is 0 Å². The molecule has 0 radical (unpaired) electrons. The summed E-state index contributed by atoms with van der Waals surface area (Å²) in [6.45, 7) is 9.75. The van der Waals surface area contributed by atoms with E-state index in [1.54, 1.807) is 0 Å². The Balaban J connectivity index is 2.25. The average Bonchev–Trinajstić information content (AvgIpc) is 3.00. The number of piperidine rings is 1. The van der Waals surface area contributed by atoms with Gasteiger partial charge in [0.05, 0.1) is 19.1 Å². The quantitative estimate of drug-likeness (QED) is 0.0625. The van der Waals surface area contributed by atoms with Crippen molar-refractivity contribution in [2.75, 3.05) is 33.4 Å². The van der Waals surface area contributed by atoms with E-state index in [-0.39, 0.29) is 17.9 Å². The Kier molecular flexibility index (Phi) is 26.3. The second-order valence-electron chi connectivity index (χ2n) is 13.8. The average molecular weight is 608 g/mol. The van der Waals surface area contributed by atoms with Gasteiger partial charge in [-0.2, -0.15) is 0 Å². The Morgan fingerprint density at radius 1 is 0.605 bits per heavy atom. The van der Waals surface area contributed by atoms with E-state index in [2.05, 4.69) is 32.7 Å². The first-order valence-electron chi connectivity index (χ1n) is 19.0. The normalized spacial score (nSPS) is 15.2. The zero-order valence-corrected chi connectivity index (χ0v) is 29.3. The molecule has 1 rings (SSSR count). The number of carbonyl (C=O) groups excluding carboxylic acids is 2. The van der Waals surface area contributed by atoms with Crippen LogP contribution in [0.15, 0.2) is 0 Å². The van der Waals surface area contributed by atoms with Gasteiger partial charge in [-0.1, -0.05) is 130 Å². The summed E-state index contributed by atoms with van der Waals surface area (Å²) in [6, 6.07) is 0. The first-order valence-corrected chi connectivity index (χ1v) is 19.0. The van der Waals surface area contributed by atoms with Crippen molar-refractivity contribution in [2.24, 2.45) is 17.8 Å². The van der Waals surface area contributed by atoms with E-state index in [1.165, 1.54) is 109 Å². The highest BCUT2D eigenvalue weighted by Crippen LogP contribution is 2.24. The Hall–Kier alpha value is -1.10. The number of esters is 2. The summed E-state index contributed by atoms with van der Waals surface area (Å²) in [5.41, 5.74) is 0. The molecule has 0 bridgehead atoms. The second kappa shape index (κ2) is 28.4. The predicted octanol–water partition coefficient (Wildman–Crippen LogP) is 10.7. The van der Waals surface area contributed by atoms with Crippen LogP contribution in [0.2, 0.25) is 0 Å². The Morgan fingerprint density at radius 2 is 1.12 bits per heavy atom. The van der Waals surface area contributed by atoms with Crippen LogP contribution < -0.4 is 0 Å². The van der Waals surface area contributed by atoms with Crippen molar-refractivity contribution in [3.05, 3.63) is 0 Å². The van der Waals surface area contributed by atoms with Gasteiger partial charge < -0.3 is 14.4 Å². The zero-order chi connectivity index (χ0) is 31.4. The van der Waals surface area contributed by atoms with Crippen molar-refractivity contribution in [3.63, 3.8) is 0 Å². The summed E-state index contributed by atoms with van der Waals surface area (Å²) in [5.74, 6) is 1.10. The number of hydrogen-bond acceptors (Lipinski definition) is 5. The van der Waals surface area contributed by atoms with Gasteiger partial charge in [0, 0.05) is 6.42 Å². The maximum atomic E-state index is 12.5. The third-order valence-corrected chi connectivity index (χ3v) is 9.65. The van der Waals surface area contributed by atoms with Gasteiger partial charge in [-0.05, 0) is 76.9 Å². The van der Waals surface area contributed by atoms with E-state index in [9.17, 15) is 9.59 Å². The van der Waals surface area contributed by atoms with Crippen LogP contribution in [0, 0.1) is 17.8 Å². The molecule has 0 amide bonds. The molecule has 5 heteroatoms. The molecule has 43 heavy (non-hydrogen) atoms. The van der Waals surface area contributed by atoms with Gasteiger partial charge in [-0.3, -0.25) is 9.59 Å². The fraction of sp³-hybridized carbons (Fsp3) is 0.947. The second-order valence-corrected chi connectivity index (χ2v) is 13.8. The largest absolute Gasteiger partial charge is 0.466 e. The fourth-order valence-corrected chi connectivity index (χ4v) is 6.66. The fourth-order valence-electron chi connectivity index (χ4n) is 6.66. The van der Waals surface area contributed by atoms with Gasteiger partial charge >= 0.3 is 11.9 Å². The van der Waals surface area contributed by atoms with E-state index in [4.69, 9.17) is 9.47 Å². The van der Waals surface area contributed by atoms with Crippen LogP contribution in [0.1, 0.15) is 181 Å². The molecular weight excluding hydrogens is 534 g/mol. The van der Waals surface area contributed by atoms with Crippen LogP contribution in [-0.2, 0) is 19.1 Å². The Morgan fingerprint density at radius 3 is 1.67 bits per heavy atom. The molecule has 254 valence electrons. The monoisotopic (exact) mass is 608 g/mol. The topological polar surface area (TPSA) is 55.8 Å². The van der Waals surface area contributed by atoms with E-state index in [0.29, 0.717) is 25.6 Å². The smallest absolute Gasteiger partial charge is 0.309 e. The summed E-state index contributed by atoms with van der Waals surface area (Å²) in [6.07, 6.45) is 30.2. The molecule has 1 atom stereocenters. The molecule has 1 aliphatic rings. The minimum atomic E-state index is -0.0609. The Labute approximate surface area is 268 Å². The molecule has 1 aliphatic heterocycles. The predicted molar refractivity (Wildman–Crippen MR) is 182 cm³/mol. The van der Waals surface area contributed by atoms with Crippen molar-refractivity contribution >= 4 is 11.9 Å². The van der Waals surface area contributed by atoms with Gasteiger partial charge in [-0.25, -0.2) is 0 Å². The molecule has 1 fully saturated rings. The van der Waals surface area contributed by atoms with Crippen molar-refractivity contribution in [3.8, 4) is 0 Å². The Bertz CT molecular complexity index is 628. The number of rotatable bonds is 29. The van der Waals surface area contributed by atoms with Crippen LogP contribution in [0.3, 0.4) is 0 Å². The summed E-state index contributed by atoms with van der Waals surface area (Å²) in [7, 11) is 2.11. The summed E-state index contributed by atoms with van der Waals surface area (Å²) in [4.78, 5) is 27.2. The minimum absolute atomic E-state index is 0.0223. The highest BCUT2D eigenvalue weighted by Gasteiger charge is 2.25. The van der Waals surface area contributed by atoms with Gasteiger partial charge in [0.2, 0.25) is 0 Å². The van der Waals surface area contributed by atoms with Crippen molar-refractivity contribution < 1.29 is 19.1 Å². The van der Waals surface area contributed by atoms with Gasteiger partial charge in [0.1, 0.15) is 0 Å². The molecule has 0 aliphatic carbocycles. The first kappa shape index (κ1) is 39.9. The zero-order valence-electron chi connectivity index (χ0n) is 29.3. The van der Waals surface area contributed by atoms with Crippen LogP contribution in [-0.4, -0.2) is 50.2 Å². The highest BCUT2D eigenvalue weighted by molar-refractivity contribution is 5.72. The lowest BCUT2D eigenvalue weighted by Gasteiger charge is -2.28. The number of likely N-dealkylation sites (tertiary alicyclic amines) is 1. The third-order valence-electron chi connectivity index (χ3n) is 9.65. The van der Waals surface area contributed by atoms with Crippen LogP contribution >= 0.6 is 0 Å². The molecule has 0 N–H and O–H groups in total. The summed E-state index contributed by atoms with van der Waals surface area (Å²) in [5, 5.41) is 0. The lowest BCUT2D eigenvalue weighted by molar-refractivity contribution is -0.152. The molecule has 0 spiro atoms. The van der Waals surface area contributed by atoms with Crippen LogP contribution in [0.5, 0.6) is 0 Å². The van der Waals surface area contributed by atoms with Crippen molar-refractivity contribution in [1.82, 2.24) is 4.90 Å². The van der Waals surface area contributed by atoms with Crippen LogP contribution in [0.4, 0.5) is 0 Å². The lowest BCUT2D eigenvalue weighted by atomic mass is 9.90. The van der Waals surface area contributed by atoms with E-state index in [0.717, 1.165) is 64.0 Å².